The molecule has 0 saturated carbocycles. The molecule has 0 aliphatic carbocycles. The van der Waals surface area contributed by atoms with Crippen LogP contribution in [0.3, 0.4) is 0 Å². The second-order valence-electron chi connectivity index (χ2n) is 4.90. The molecule has 1 saturated heterocycles. The van der Waals surface area contributed by atoms with Gasteiger partial charge < -0.3 is 9.88 Å². The molecule has 0 atom stereocenters. The van der Waals surface area contributed by atoms with E-state index in [9.17, 15) is 14.0 Å². The number of rotatable bonds is 5. The van der Waals surface area contributed by atoms with Crippen molar-refractivity contribution in [2.45, 2.75) is 5.16 Å². The highest BCUT2D eigenvalue weighted by Gasteiger charge is 2.27. The van der Waals surface area contributed by atoms with Crippen LogP contribution in [-0.2, 0) is 11.8 Å². The van der Waals surface area contributed by atoms with Gasteiger partial charge in [-0.25, -0.2) is 9.18 Å². The van der Waals surface area contributed by atoms with Crippen molar-refractivity contribution in [2.24, 2.45) is 7.05 Å². The van der Waals surface area contributed by atoms with Crippen LogP contribution < -0.4 is 5.32 Å². The maximum absolute atomic E-state index is 13.8. The lowest BCUT2D eigenvalue weighted by Gasteiger charge is -2.11. The number of hydrogen-bond acceptors (Lipinski definition) is 5. The fourth-order valence-corrected chi connectivity index (χ4v) is 3.06. The first kappa shape index (κ1) is 15.5. The number of aromatic nitrogens is 3. The van der Waals surface area contributed by atoms with Crippen molar-refractivity contribution < 1.29 is 14.0 Å². The number of benzene rings is 1. The third kappa shape index (κ3) is 3.04. The molecule has 1 aromatic carbocycles. The van der Waals surface area contributed by atoms with Crippen LogP contribution in [0.15, 0.2) is 29.4 Å². The van der Waals surface area contributed by atoms with E-state index in [2.05, 4.69) is 15.5 Å². The molecule has 2 aromatic rings. The summed E-state index contributed by atoms with van der Waals surface area (Å²) in [6, 6.07) is 5.98. The maximum Gasteiger partial charge on any atom is 0.324 e. The molecule has 1 aliphatic rings. The van der Waals surface area contributed by atoms with Crippen LogP contribution in [0.4, 0.5) is 9.18 Å². The van der Waals surface area contributed by atoms with Gasteiger partial charge in [-0.2, -0.15) is 0 Å². The third-order valence-corrected chi connectivity index (χ3v) is 4.43. The number of hydrogen-bond donors (Lipinski definition) is 1. The zero-order chi connectivity index (χ0) is 16.4. The number of nitrogens with one attached hydrogen (secondary N) is 1. The zero-order valence-corrected chi connectivity index (χ0v) is 13.1. The van der Waals surface area contributed by atoms with Crippen LogP contribution in [0.5, 0.6) is 0 Å². The molecule has 2 heterocycles. The summed E-state index contributed by atoms with van der Waals surface area (Å²) in [4.78, 5) is 24.1. The highest BCUT2D eigenvalue weighted by atomic mass is 32.2. The van der Waals surface area contributed by atoms with Gasteiger partial charge in [0.05, 0.1) is 12.1 Å². The van der Waals surface area contributed by atoms with Crippen molar-refractivity contribution in [3.8, 4) is 11.4 Å². The zero-order valence-electron chi connectivity index (χ0n) is 12.3. The molecule has 1 aromatic heterocycles. The molecule has 0 spiro atoms. The minimum absolute atomic E-state index is 0.0465. The molecule has 0 bridgehead atoms. The van der Waals surface area contributed by atoms with Crippen molar-refractivity contribution in [1.82, 2.24) is 25.0 Å². The lowest BCUT2D eigenvalue weighted by Crippen LogP contribution is -2.32. The first-order chi connectivity index (χ1) is 11.1. The molecule has 1 aliphatic heterocycles. The highest BCUT2D eigenvalue weighted by Crippen LogP contribution is 2.24. The Kier molecular flexibility index (Phi) is 4.28. The molecule has 0 radical (unpaired) electrons. The second-order valence-corrected chi connectivity index (χ2v) is 5.96. The van der Waals surface area contributed by atoms with Crippen molar-refractivity contribution in [3.05, 3.63) is 30.1 Å². The molecule has 120 valence electrons. The Labute approximate surface area is 135 Å². The Balaban J connectivity index is 1.67. The Morgan fingerprint density at radius 1 is 1.30 bits per heavy atom. The van der Waals surface area contributed by atoms with E-state index in [1.165, 1.54) is 22.7 Å². The van der Waals surface area contributed by atoms with Crippen LogP contribution in [0, 0.1) is 5.82 Å². The number of carbonyl (C=O) groups is 2. The number of thioether (sulfide) groups is 1. The summed E-state index contributed by atoms with van der Waals surface area (Å²) in [7, 11) is 1.75. The Morgan fingerprint density at radius 2 is 2.09 bits per heavy atom. The molecular formula is C14H14FN5O2S. The van der Waals surface area contributed by atoms with E-state index in [4.69, 9.17) is 0 Å². The van der Waals surface area contributed by atoms with Gasteiger partial charge in [0.2, 0.25) is 5.91 Å². The quantitative estimate of drug-likeness (QED) is 0.657. The summed E-state index contributed by atoms with van der Waals surface area (Å²) in [5.41, 5.74) is 0.378. The second kappa shape index (κ2) is 6.37. The minimum atomic E-state index is -0.374. The number of nitrogens with zero attached hydrogens (tertiary/aromatic N) is 4. The van der Waals surface area contributed by atoms with E-state index in [-0.39, 0.29) is 30.8 Å². The first-order valence-corrected chi connectivity index (χ1v) is 7.92. The summed E-state index contributed by atoms with van der Waals surface area (Å²) >= 11 is 1.35. The minimum Gasteiger partial charge on any atom is -0.329 e. The van der Waals surface area contributed by atoms with Gasteiger partial charge in [-0.3, -0.25) is 9.69 Å². The van der Waals surface area contributed by atoms with Crippen LogP contribution in [0.25, 0.3) is 11.4 Å². The van der Waals surface area contributed by atoms with Crippen LogP contribution in [0.1, 0.15) is 0 Å². The third-order valence-electron chi connectivity index (χ3n) is 3.43. The van der Waals surface area contributed by atoms with Gasteiger partial charge in [0.15, 0.2) is 11.0 Å². The van der Waals surface area contributed by atoms with Gasteiger partial charge in [-0.1, -0.05) is 23.9 Å². The first-order valence-electron chi connectivity index (χ1n) is 6.93. The van der Waals surface area contributed by atoms with Crippen LogP contribution in [0.2, 0.25) is 0 Å². The Morgan fingerprint density at radius 3 is 2.78 bits per heavy atom. The Hall–Kier alpha value is -2.42. The van der Waals surface area contributed by atoms with Gasteiger partial charge >= 0.3 is 6.03 Å². The van der Waals surface area contributed by atoms with E-state index >= 15 is 0 Å². The van der Waals surface area contributed by atoms with Crippen LogP contribution in [-0.4, -0.2) is 50.4 Å². The normalized spacial score (nSPS) is 14.4. The largest absolute Gasteiger partial charge is 0.329 e. The molecule has 3 rings (SSSR count). The van der Waals surface area contributed by atoms with E-state index in [0.717, 1.165) is 0 Å². The maximum atomic E-state index is 13.8. The molecular weight excluding hydrogens is 321 g/mol. The highest BCUT2D eigenvalue weighted by molar-refractivity contribution is 7.99. The topological polar surface area (TPSA) is 80.1 Å². The number of urea groups is 1. The van der Waals surface area contributed by atoms with Gasteiger partial charge in [0.25, 0.3) is 0 Å². The van der Waals surface area contributed by atoms with Gasteiger partial charge in [-0.05, 0) is 12.1 Å². The lowest BCUT2D eigenvalue weighted by molar-refractivity contribution is -0.124. The number of halogens is 1. The molecule has 23 heavy (non-hydrogen) atoms. The number of carbonyl (C=O) groups excluding carboxylic acids is 2. The predicted molar refractivity (Wildman–Crippen MR) is 82.2 cm³/mol. The summed E-state index contributed by atoms with van der Waals surface area (Å²) in [5, 5.41) is 11.1. The fourth-order valence-electron chi connectivity index (χ4n) is 2.23. The molecule has 3 amide bonds. The van der Waals surface area contributed by atoms with Crippen molar-refractivity contribution in [1.29, 1.82) is 0 Å². The smallest absolute Gasteiger partial charge is 0.324 e. The van der Waals surface area contributed by atoms with Crippen molar-refractivity contribution in [2.75, 3.05) is 18.8 Å². The van der Waals surface area contributed by atoms with E-state index in [1.807, 2.05) is 0 Å². The Bertz CT molecular complexity index is 747. The van der Waals surface area contributed by atoms with E-state index < -0.39 is 0 Å². The van der Waals surface area contributed by atoms with Gasteiger partial charge in [-0.15, -0.1) is 10.2 Å². The number of amides is 3. The molecule has 0 unspecified atom stereocenters. The number of imide groups is 1. The average Bonchev–Trinajstić information content (AvgIpc) is 3.05. The van der Waals surface area contributed by atoms with Gasteiger partial charge in [0, 0.05) is 19.3 Å². The van der Waals surface area contributed by atoms with Crippen molar-refractivity contribution in [3.63, 3.8) is 0 Å². The molecule has 9 heteroatoms. The molecule has 1 N–H and O–H groups in total. The van der Waals surface area contributed by atoms with Crippen molar-refractivity contribution >= 4 is 23.7 Å². The average molecular weight is 335 g/mol. The summed E-state index contributed by atoms with van der Waals surface area (Å²) in [6.07, 6.45) is 0. The van der Waals surface area contributed by atoms with E-state index in [0.29, 0.717) is 22.3 Å². The van der Waals surface area contributed by atoms with E-state index in [1.54, 1.807) is 29.8 Å². The fraction of sp³-hybridized carbons (Fsp3) is 0.286. The lowest BCUT2D eigenvalue weighted by atomic mass is 10.2. The molecule has 7 nitrogen and oxygen atoms in total. The summed E-state index contributed by atoms with van der Waals surface area (Å²) in [5.74, 6) is 0.322. The SMILES string of the molecule is Cn1c(SCCN2C(=O)CNC2=O)nnc1-c1ccccc1F. The monoisotopic (exact) mass is 335 g/mol. The summed E-state index contributed by atoms with van der Waals surface area (Å²) in [6.45, 7) is 0.335. The standard InChI is InChI=1S/C14H14FN5O2S/c1-19-12(9-4-2-3-5-10(9)15)17-18-14(19)23-7-6-20-11(21)8-16-13(20)22/h2-5H,6-8H2,1H3,(H,16,22). The van der Waals surface area contributed by atoms with Crippen LogP contribution >= 0.6 is 11.8 Å². The molecule has 1 fully saturated rings. The van der Waals surface area contributed by atoms with Gasteiger partial charge in [0.1, 0.15) is 5.82 Å². The summed E-state index contributed by atoms with van der Waals surface area (Å²) < 4.78 is 15.5. The predicted octanol–water partition coefficient (Wildman–Crippen LogP) is 1.27.